The van der Waals surface area contributed by atoms with Crippen LogP contribution in [0.4, 0.5) is 9.18 Å². The Morgan fingerprint density at radius 1 is 1.02 bits per heavy atom. The Labute approximate surface area is 315 Å². The highest BCUT2D eigenvalue weighted by atomic mass is 32.2. The van der Waals surface area contributed by atoms with E-state index < -0.39 is 58.4 Å². The predicted octanol–water partition coefficient (Wildman–Crippen LogP) is 3.55. The number of aliphatic hydroxyl groups excluding tert-OH is 1. The summed E-state index contributed by atoms with van der Waals surface area (Å²) in [7, 11) is -4.29. The lowest BCUT2D eigenvalue weighted by atomic mass is 9.87. The molecule has 0 unspecified atom stereocenters. The summed E-state index contributed by atoms with van der Waals surface area (Å²) in [6.45, 7) is 4.19. The second-order valence-corrected chi connectivity index (χ2v) is 16.7. The minimum Gasteiger partial charge on any atom is -0.530 e. The third-order valence-corrected chi connectivity index (χ3v) is 12.1. The molecule has 5 atom stereocenters. The summed E-state index contributed by atoms with van der Waals surface area (Å²) < 4.78 is 65.8. The van der Waals surface area contributed by atoms with Crippen molar-refractivity contribution in [3.63, 3.8) is 0 Å². The van der Waals surface area contributed by atoms with E-state index in [1.54, 1.807) is 0 Å². The number of carbonyl (C=O) groups is 2. The number of halogens is 1. The first-order valence-corrected chi connectivity index (χ1v) is 19.6. The number of hydrogen-bond donors (Lipinski definition) is 2. The standard InChI is InChI=1S/C39H48FN3O10S/c1-39(2,17-6-7-18-41-36(45)27-10-12-28(40)13-11-27)24-42(54(48,49)29-14-15-34-35(21-29)53-25-52-34)22-33(44)31(20-26-8-4-3-5-9-26)43(38(46)47)32-23-51-37-30(32)16-19-50-37/h3-5,8-15,21,30-33,37,44H,6-7,16-20,22-25H2,1-2H3,(H,41,45)(H,46,47)/p-1/t30-,31-,32-,33+,37+/m0/s1. The normalized spacial score (nSPS) is 20.4. The Morgan fingerprint density at radius 3 is 2.50 bits per heavy atom. The first-order valence-electron chi connectivity index (χ1n) is 18.2. The molecule has 2 saturated heterocycles. The van der Waals surface area contributed by atoms with Crippen molar-refractivity contribution >= 4 is 22.0 Å². The number of aliphatic hydroxyl groups is 1. The predicted molar refractivity (Wildman–Crippen MR) is 192 cm³/mol. The SMILES string of the molecule is CC(C)(CCCCNC(=O)c1ccc(F)cc1)CN(C[C@@H](O)[C@H](Cc1ccccc1)N(C(=O)[O-])[C@H]1CO[C@H]2OCC[C@H]21)S(=O)(=O)c1ccc2c(c1)OCO2. The van der Waals surface area contributed by atoms with Crippen LogP contribution in [0.25, 0.3) is 0 Å². The monoisotopic (exact) mass is 768 g/mol. The molecular weight excluding hydrogens is 722 g/mol. The van der Waals surface area contributed by atoms with Gasteiger partial charge in [0.2, 0.25) is 16.8 Å². The van der Waals surface area contributed by atoms with E-state index in [1.165, 1.54) is 46.8 Å². The minimum absolute atomic E-state index is 0.0166. The molecule has 54 heavy (non-hydrogen) atoms. The number of nitrogens with zero attached hydrogens (tertiary/aromatic N) is 2. The number of hydrogen-bond acceptors (Lipinski definition) is 10. The van der Waals surface area contributed by atoms with Gasteiger partial charge in [0.05, 0.1) is 36.3 Å². The zero-order chi connectivity index (χ0) is 38.5. The fourth-order valence-corrected chi connectivity index (χ4v) is 9.14. The molecule has 292 valence electrons. The van der Waals surface area contributed by atoms with Gasteiger partial charge in [0.15, 0.2) is 17.8 Å². The summed E-state index contributed by atoms with van der Waals surface area (Å²) in [5, 5.41) is 27.9. The van der Waals surface area contributed by atoms with Crippen LogP contribution in [-0.4, -0.2) is 98.8 Å². The maximum Gasteiger partial charge on any atom is 0.251 e. The Morgan fingerprint density at radius 2 is 1.76 bits per heavy atom. The van der Waals surface area contributed by atoms with Gasteiger partial charge in [-0.3, -0.25) is 4.79 Å². The van der Waals surface area contributed by atoms with Crippen molar-refractivity contribution in [2.45, 2.75) is 75.3 Å². The zero-order valence-electron chi connectivity index (χ0n) is 30.4. The highest BCUT2D eigenvalue weighted by molar-refractivity contribution is 7.89. The van der Waals surface area contributed by atoms with Crippen LogP contribution in [0, 0.1) is 17.2 Å². The van der Waals surface area contributed by atoms with Gasteiger partial charge in [-0.15, -0.1) is 0 Å². The number of nitrogens with one attached hydrogen (secondary N) is 1. The van der Waals surface area contributed by atoms with Gasteiger partial charge in [-0.25, -0.2) is 12.8 Å². The second kappa shape index (κ2) is 17.0. The zero-order valence-corrected chi connectivity index (χ0v) is 31.2. The number of carboxylic acid groups (broad SMARTS) is 1. The van der Waals surface area contributed by atoms with Crippen molar-refractivity contribution < 1.29 is 51.6 Å². The van der Waals surface area contributed by atoms with E-state index >= 15 is 0 Å². The van der Waals surface area contributed by atoms with E-state index in [0.29, 0.717) is 50.1 Å². The van der Waals surface area contributed by atoms with Crippen LogP contribution in [0.2, 0.25) is 0 Å². The fourth-order valence-electron chi connectivity index (χ4n) is 7.48. The number of sulfonamides is 1. The van der Waals surface area contributed by atoms with E-state index in [0.717, 1.165) is 10.5 Å². The largest absolute Gasteiger partial charge is 0.530 e. The molecule has 0 saturated carbocycles. The van der Waals surface area contributed by atoms with Crippen molar-refractivity contribution in [2.75, 3.05) is 39.6 Å². The smallest absolute Gasteiger partial charge is 0.251 e. The van der Waals surface area contributed by atoms with Gasteiger partial charge < -0.3 is 44.2 Å². The molecule has 0 radical (unpaired) electrons. The van der Waals surface area contributed by atoms with Crippen molar-refractivity contribution in [2.24, 2.45) is 11.3 Å². The lowest BCUT2D eigenvalue weighted by Crippen LogP contribution is -2.61. The Bertz CT molecular complexity index is 1860. The summed E-state index contributed by atoms with van der Waals surface area (Å²) in [6.07, 6.45) is -1.08. The first kappa shape index (κ1) is 39.4. The van der Waals surface area contributed by atoms with Gasteiger partial charge in [-0.2, -0.15) is 4.31 Å². The maximum atomic E-state index is 14.5. The molecule has 0 bridgehead atoms. The molecule has 6 rings (SSSR count). The summed E-state index contributed by atoms with van der Waals surface area (Å²) >= 11 is 0. The molecule has 0 spiro atoms. The van der Waals surface area contributed by atoms with Crippen LogP contribution in [0.1, 0.15) is 55.5 Å². The molecular formula is C39H47FN3O10S-. The molecule has 0 aliphatic carbocycles. The molecule has 3 heterocycles. The number of benzene rings is 3. The number of unbranched alkanes of at least 4 members (excludes halogenated alkanes) is 1. The number of amides is 2. The highest BCUT2D eigenvalue weighted by Gasteiger charge is 2.47. The van der Waals surface area contributed by atoms with Gasteiger partial charge in [0.1, 0.15) is 11.9 Å². The third kappa shape index (κ3) is 9.32. The van der Waals surface area contributed by atoms with Gasteiger partial charge in [-0.05, 0) is 73.1 Å². The molecule has 3 aliphatic rings. The van der Waals surface area contributed by atoms with E-state index in [4.69, 9.17) is 18.9 Å². The Balaban J connectivity index is 1.22. The van der Waals surface area contributed by atoms with E-state index in [2.05, 4.69) is 5.32 Å². The lowest BCUT2D eigenvalue weighted by molar-refractivity contribution is -0.273. The highest BCUT2D eigenvalue weighted by Crippen LogP contribution is 2.38. The minimum atomic E-state index is -4.29. The average molecular weight is 769 g/mol. The summed E-state index contributed by atoms with van der Waals surface area (Å²) in [4.78, 5) is 26.5. The van der Waals surface area contributed by atoms with Crippen LogP contribution in [0.15, 0.2) is 77.7 Å². The summed E-state index contributed by atoms with van der Waals surface area (Å²) in [6, 6.07) is 17.0. The van der Waals surface area contributed by atoms with Gasteiger partial charge in [0.25, 0.3) is 5.91 Å². The molecule has 2 amide bonds. The van der Waals surface area contributed by atoms with Crippen molar-refractivity contribution in [1.29, 1.82) is 0 Å². The van der Waals surface area contributed by atoms with Crippen LogP contribution < -0.4 is 19.9 Å². The summed E-state index contributed by atoms with van der Waals surface area (Å²) in [5.41, 5.74) is 0.475. The second-order valence-electron chi connectivity index (χ2n) is 14.8. The third-order valence-electron chi connectivity index (χ3n) is 10.3. The van der Waals surface area contributed by atoms with E-state index in [9.17, 15) is 32.6 Å². The number of carbonyl (C=O) groups excluding carboxylic acids is 2. The van der Waals surface area contributed by atoms with Crippen LogP contribution in [0.5, 0.6) is 11.5 Å². The molecule has 3 aromatic carbocycles. The molecule has 3 aromatic rings. The van der Waals surface area contributed by atoms with E-state index in [1.807, 2.05) is 44.2 Å². The van der Waals surface area contributed by atoms with Crippen LogP contribution >= 0.6 is 0 Å². The average Bonchev–Trinajstić information content (AvgIpc) is 3.90. The van der Waals surface area contributed by atoms with Gasteiger partial charge in [0, 0.05) is 37.2 Å². The quantitative estimate of drug-likeness (QED) is 0.194. The Hall–Kier alpha value is -4.28. The summed E-state index contributed by atoms with van der Waals surface area (Å²) in [5.74, 6) is -0.327. The van der Waals surface area contributed by atoms with Crippen LogP contribution in [-0.2, 0) is 25.9 Å². The Kier molecular flexibility index (Phi) is 12.4. The number of ether oxygens (including phenoxy) is 4. The van der Waals surface area contributed by atoms with Gasteiger partial charge in [-0.1, -0.05) is 50.6 Å². The molecule has 15 heteroatoms. The van der Waals surface area contributed by atoms with E-state index in [-0.39, 0.29) is 48.8 Å². The molecule has 13 nitrogen and oxygen atoms in total. The first-order chi connectivity index (χ1) is 25.8. The molecule has 3 aliphatic heterocycles. The fraction of sp³-hybridized carbons (Fsp3) is 0.487. The van der Waals surface area contributed by atoms with Gasteiger partial charge >= 0.3 is 0 Å². The molecule has 0 aromatic heterocycles. The number of rotatable bonds is 17. The lowest BCUT2D eigenvalue weighted by Gasteiger charge is -2.43. The topological polar surface area (TPSA) is 167 Å². The number of fused-ring (bicyclic) bond motifs is 2. The maximum absolute atomic E-state index is 14.5. The van der Waals surface area contributed by atoms with Crippen molar-refractivity contribution in [3.8, 4) is 11.5 Å². The van der Waals surface area contributed by atoms with Crippen molar-refractivity contribution in [3.05, 3.63) is 89.7 Å². The molecule has 2 N–H and O–H groups in total. The molecule has 2 fully saturated rings. The van der Waals surface area contributed by atoms with Crippen LogP contribution in [0.3, 0.4) is 0 Å². The van der Waals surface area contributed by atoms with Crippen molar-refractivity contribution in [1.82, 2.24) is 14.5 Å².